The van der Waals surface area contributed by atoms with Crippen LogP contribution in [0.4, 0.5) is 17.6 Å². The van der Waals surface area contributed by atoms with Crippen molar-refractivity contribution in [3.05, 3.63) is 77.9 Å². The molecule has 0 bridgehead atoms. The third kappa shape index (κ3) is 3.51. The summed E-state index contributed by atoms with van der Waals surface area (Å²) in [5.41, 5.74) is 1.10. The van der Waals surface area contributed by atoms with Gasteiger partial charge in [0.1, 0.15) is 11.6 Å². The zero-order valence-electron chi connectivity index (χ0n) is 12.8. The molecule has 0 amide bonds. The van der Waals surface area contributed by atoms with Crippen molar-refractivity contribution in [1.82, 2.24) is 0 Å². The summed E-state index contributed by atoms with van der Waals surface area (Å²) in [6.45, 7) is 0. The second-order valence-electron chi connectivity index (χ2n) is 5.25. The van der Waals surface area contributed by atoms with Crippen LogP contribution in [-0.4, -0.2) is 12.7 Å². The van der Waals surface area contributed by atoms with E-state index in [2.05, 4.69) is 0 Å². The van der Waals surface area contributed by atoms with Gasteiger partial charge >= 0.3 is 7.69 Å². The van der Waals surface area contributed by atoms with Gasteiger partial charge < -0.3 is 9.68 Å². The Morgan fingerprint density at radius 3 is 1.80 bits per heavy atom. The standard InChI is InChI=1S/C18H11BF4O2/c20-15-7-11(10-1-4-13(5-2-10)25-19-24)3-6-14(15)12-8-16(21)18(23)17(22)9-12/h1-9,19,24H. The fraction of sp³-hybridized carbons (Fsp3) is 0. The highest BCUT2D eigenvalue weighted by atomic mass is 19.2. The van der Waals surface area contributed by atoms with Crippen molar-refractivity contribution in [3.63, 3.8) is 0 Å². The van der Waals surface area contributed by atoms with E-state index >= 15 is 0 Å². The van der Waals surface area contributed by atoms with Crippen molar-refractivity contribution in [2.75, 3.05) is 0 Å². The molecule has 0 aliphatic rings. The first-order valence-corrected chi connectivity index (χ1v) is 7.28. The second kappa shape index (κ2) is 6.98. The first-order chi connectivity index (χ1) is 12.0. The Morgan fingerprint density at radius 1 is 0.680 bits per heavy atom. The Balaban J connectivity index is 1.96. The molecule has 1 N–H and O–H groups in total. The fourth-order valence-corrected chi connectivity index (χ4v) is 2.46. The van der Waals surface area contributed by atoms with Gasteiger partial charge in [0.05, 0.1) is 0 Å². The molecule has 0 atom stereocenters. The maximum absolute atomic E-state index is 14.4. The highest BCUT2D eigenvalue weighted by Crippen LogP contribution is 2.30. The van der Waals surface area contributed by atoms with Gasteiger partial charge in [0.25, 0.3) is 0 Å². The quantitative estimate of drug-likeness (QED) is 0.436. The van der Waals surface area contributed by atoms with Gasteiger partial charge in [0, 0.05) is 5.56 Å². The molecule has 126 valence electrons. The number of hydrogen-bond donors (Lipinski definition) is 1. The van der Waals surface area contributed by atoms with Gasteiger partial charge in [-0.3, -0.25) is 0 Å². The van der Waals surface area contributed by atoms with E-state index in [0.29, 0.717) is 16.9 Å². The van der Waals surface area contributed by atoms with Crippen molar-refractivity contribution in [2.24, 2.45) is 0 Å². The maximum atomic E-state index is 14.4. The van der Waals surface area contributed by atoms with Crippen LogP contribution in [0.3, 0.4) is 0 Å². The smallest absolute Gasteiger partial charge is 0.504 e. The predicted octanol–water partition coefficient (Wildman–Crippen LogP) is 4.21. The molecule has 0 aliphatic carbocycles. The molecule has 3 rings (SSSR count). The van der Waals surface area contributed by atoms with Gasteiger partial charge in [0.15, 0.2) is 17.5 Å². The number of rotatable bonds is 4. The molecular weight excluding hydrogens is 335 g/mol. The molecule has 0 fully saturated rings. The average Bonchev–Trinajstić information content (AvgIpc) is 2.60. The van der Waals surface area contributed by atoms with E-state index in [0.717, 1.165) is 12.1 Å². The van der Waals surface area contributed by atoms with Crippen molar-refractivity contribution >= 4 is 7.69 Å². The summed E-state index contributed by atoms with van der Waals surface area (Å²) in [4.78, 5) is 0. The van der Waals surface area contributed by atoms with E-state index in [9.17, 15) is 17.6 Å². The lowest BCUT2D eigenvalue weighted by atomic mass is 9.99. The summed E-state index contributed by atoms with van der Waals surface area (Å²) in [6, 6.07) is 12.2. The number of halogens is 4. The molecule has 2 nitrogen and oxygen atoms in total. The number of hydrogen-bond acceptors (Lipinski definition) is 2. The summed E-state index contributed by atoms with van der Waals surface area (Å²) < 4.78 is 59.0. The van der Waals surface area contributed by atoms with E-state index < -0.39 is 31.0 Å². The van der Waals surface area contributed by atoms with Crippen LogP contribution < -0.4 is 4.65 Å². The first kappa shape index (κ1) is 17.0. The van der Waals surface area contributed by atoms with E-state index in [1.54, 1.807) is 30.3 Å². The lowest BCUT2D eigenvalue weighted by molar-refractivity contribution is 0.447. The maximum Gasteiger partial charge on any atom is 0.504 e. The molecule has 0 heterocycles. The third-order valence-electron chi connectivity index (χ3n) is 3.68. The van der Waals surface area contributed by atoms with Crippen molar-refractivity contribution < 1.29 is 27.2 Å². The average molecular weight is 346 g/mol. The van der Waals surface area contributed by atoms with Crippen LogP contribution >= 0.6 is 0 Å². The van der Waals surface area contributed by atoms with Crippen LogP contribution in [0.5, 0.6) is 5.75 Å². The first-order valence-electron chi connectivity index (χ1n) is 7.28. The number of benzene rings is 3. The van der Waals surface area contributed by atoms with Gasteiger partial charge in [-0.2, -0.15) is 0 Å². The molecule has 0 aromatic heterocycles. The molecule has 3 aromatic carbocycles. The topological polar surface area (TPSA) is 29.5 Å². The Bertz CT molecular complexity index is 890. The summed E-state index contributed by atoms with van der Waals surface area (Å²) in [5.74, 6) is -4.58. The lowest BCUT2D eigenvalue weighted by Crippen LogP contribution is -1.99. The van der Waals surface area contributed by atoms with Crippen molar-refractivity contribution in [3.8, 4) is 28.0 Å². The lowest BCUT2D eigenvalue weighted by Gasteiger charge is -2.09. The van der Waals surface area contributed by atoms with Crippen LogP contribution in [0.2, 0.25) is 0 Å². The van der Waals surface area contributed by atoms with E-state index in [-0.39, 0.29) is 11.1 Å². The van der Waals surface area contributed by atoms with Crippen molar-refractivity contribution in [1.29, 1.82) is 0 Å². The molecule has 3 aromatic rings. The van der Waals surface area contributed by atoms with Crippen LogP contribution in [0.25, 0.3) is 22.3 Å². The fourth-order valence-electron chi connectivity index (χ4n) is 2.46. The van der Waals surface area contributed by atoms with Gasteiger partial charge in [-0.1, -0.05) is 24.3 Å². The Kier molecular flexibility index (Phi) is 4.76. The molecule has 0 saturated carbocycles. The minimum atomic E-state index is -1.59. The van der Waals surface area contributed by atoms with Crippen LogP contribution in [-0.2, 0) is 0 Å². The predicted molar refractivity (Wildman–Crippen MR) is 87.1 cm³/mol. The molecule has 0 aliphatic heterocycles. The molecule has 7 heteroatoms. The SMILES string of the molecule is OBOc1ccc(-c2ccc(-c3cc(F)c(F)c(F)c3)c(F)c2)cc1. The zero-order valence-corrected chi connectivity index (χ0v) is 12.8. The molecule has 0 saturated heterocycles. The van der Waals surface area contributed by atoms with Crippen molar-refractivity contribution in [2.45, 2.75) is 0 Å². The molecule has 0 spiro atoms. The van der Waals surface area contributed by atoms with E-state index in [1.165, 1.54) is 12.1 Å². The summed E-state index contributed by atoms with van der Waals surface area (Å²) in [5, 5.41) is 8.69. The van der Waals surface area contributed by atoms with E-state index in [1.807, 2.05) is 0 Å². The van der Waals surface area contributed by atoms with Gasteiger partial charge in [0.2, 0.25) is 0 Å². The van der Waals surface area contributed by atoms with Gasteiger partial charge in [-0.15, -0.1) is 0 Å². The highest BCUT2D eigenvalue weighted by molar-refractivity contribution is 6.17. The third-order valence-corrected chi connectivity index (χ3v) is 3.68. The zero-order chi connectivity index (χ0) is 18.0. The normalized spacial score (nSPS) is 10.6. The van der Waals surface area contributed by atoms with Crippen LogP contribution in [0, 0.1) is 23.3 Å². The molecule has 0 unspecified atom stereocenters. The Hall–Kier alpha value is -2.80. The second-order valence-corrected chi connectivity index (χ2v) is 5.25. The van der Waals surface area contributed by atoms with E-state index in [4.69, 9.17) is 9.68 Å². The minimum absolute atomic E-state index is 0.0400. The van der Waals surface area contributed by atoms with Crippen LogP contribution in [0.1, 0.15) is 0 Å². The Labute approximate surface area is 141 Å². The Morgan fingerprint density at radius 2 is 1.24 bits per heavy atom. The van der Waals surface area contributed by atoms with Gasteiger partial charge in [-0.25, -0.2) is 17.6 Å². The summed E-state index contributed by atoms with van der Waals surface area (Å²) in [6.07, 6.45) is 0. The summed E-state index contributed by atoms with van der Waals surface area (Å²) in [7, 11) is -0.451. The monoisotopic (exact) mass is 346 g/mol. The van der Waals surface area contributed by atoms with Crippen LogP contribution in [0.15, 0.2) is 54.6 Å². The van der Waals surface area contributed by atoms with Gasteiger partial charge in [-0.05, 0) is 47.0 Å². The molecular formula is C18H11BF4O2. The minimum Gasteiger partial charge on any atom is -0.539 e. The molecule has 0 radical (unpaired) electrons. The molecule has 25 heavy (non-hydrogen) atoms. The largest absolute Gasteiger partial charge is 0.539 e. The summed E-state index contributed by atoms with van der Waals surface area (Å²) >= 11 is 0. The highest BCUT2D eigenvalue weighted by Gasteiger charge is 2.14.